The highest BCUT2D eigenvalue weighted by molar-refractivity contribution is 6.32. The first-order valence-corrected chi connectivity index (χ1v) is 14.3. The van der Waals surface area contributed by atoms with Gasteiger partial charge in [0.15, 0.2) is 28.7 Å². The molecule has 0 heterocycles. The molecule has 0 aliphatic heterocycles. The van der Waals surface area contributed by atoms with Crippen LogP contribution in [0.4, 0.5) is 0 Å². The molecule has 5 rings (SSSR count). The third-order valence-electron chi connectivity index (χ3n) is 11.3. The Morgan fingerprint density at radius 2 is 1.51 bits per heavy atom. The molecule has 0 radical (unpaired) electrons. The summed E-state index contributed by atoms with van der Waals surface area (Å²) < 4.78 is 0. The van der Waals surface area contributed by atoms with Crippen molar-refractivity contribution < 1.29 is 34.2 Å². The number of fused-ring (bicyclic) bond motifs is 3. The first kappa shape index (κ1) is 29.1. The number of aliphatic hydroxyl groups is 1. The predicted molar refractivity (Wildman–Crippen MR) is 152 cm³/mol. The summed E-state index contributed by atoms with van der Waals surface area (Å²) in [6, 6.07) is 11.0. The summed E-state index contributed by atoms with van der Waals surface area (Å²) in [6.45, 7) is 13.7. The van der Waals surface area contributed by atoms with E-state index in [0.29, 0.717) is 16.7 Å². The number of hydrogen-bond donors (Lipinski definition) is 2. The Balaban J connectivity index is 1.78. The van der Waals surface area contributed by atoms with Crippen molar-refractivity contribution in [3.05, 3.63) is 53.1 Å². The maximum atomic E-state index is 14.6. The Hall–Kier alpha value is -3.45. The summed E-state index contributed by atoms with van der Waals surface area (Å²) in [5.74, 6) is -10.1. The van der Waals surface area contributed by atoms with Crippen molar-refractivity contribution in [3.8, 4) is 16.9 Å². The number of ketones is 5. The molecule has 3 unspecified atom stereocenters. The molecule has 3 aliphatic carbocycles. The molecule has 0 spiro atoms. The number of phenols is 1. The summed E-state index contributed by atoms with van der Waals surface area (Å²) in [5.41, 5.74) is -2.65. The SMILES string of the molecule is CC(=O)C1C(=O)C(C(C)C)[C@@]2(C)[C@H](C)[C@]3(C)C(C(=O)c4c(ccc(-c5ccc(C)cc5)c4O)[C@H]3C)C(=O)[C@@]2(O)C1=O. The third kappa shape index (κ3) is 3.33. The zero-order valence-corrected chi connectivity index (χ0v) is 24.9. The van der Waals surface area contributed by atoms with Crippen LogP contribution in [0.25, 0.3) is 11.1 Å². The van der Waals surface area contributed by atoms with Crippen molar-refractivity contribution in [3.63, 3.8) is 0 Å². The molecule has 2 aromatic carbocycles. The number of hydrogen-bond acceptors (Lipinski definition) is 7. The van der Waals surface area contributed by atoms with Gasteiger partial charge in [0.25, 0.3) is 0 Å². The topological polar surface area (TPSA) is 126 Å². The Morgan fingerprint density at radius 3 is 2.05 bits per heavy atom. The highest BCUT2D eigenvalue weighted by Gasteiger charge is 2.79. The van der Waals surface area contributed by atoms with Gasteiger partial charge >= 0.3 is 0 Å². The van der Waals surface area contributed by atoms with E-state index in [0.717, 1.165) is 12.5 Å². The summed E-state index contributed by atoms with van der Waals surface area (Å²) in [6.07, 6.45) is 0. The van der Waals surface area contributed by atoms with Gasteiger partial charge in [-0.05, 0) is 48.1 Å². The van der Waals surface area contributed by atoms with E-state index in [-0.39, 0.29) is 11.3 Å². The van der Waals surface area contributed by atoms with Crippen LogP contribution in [0.3, 0.4) is 0 Å². The summed E-state index contributed by atoms with van der Waals surface area (Å²) in [7, 11) is 0. The second kappa shape index (κ2) is 9.02. The van der Waals surface area contributed by atoms with Crippen LogP contribution in [0.2, 0.25) is 0 Å². The lowest BCUT2D eigenvalue weighted by Crippen LogP contribution is -2.79. The Bertz CT molecular complexity index is 1530. The van der Waals surface area contributed by atoms with Crippen LogP contribution in [0, 0.1) is 47.3 Å². The second-order valence-corrected chi connectivity index (χ2v) is 13.3. The molecule has 7 heteroatoms. The van der Waals surface area contributed by atoms with Gasteiger partial charge < -0.3 is 10.2 Å². The van der Waals surface area contributed by atoms with E-state index < -0.39 is 80.9 Å². The number of carbonyl (C=O) groups is 5. The molecule has 7 nitrogen and oxygen atoms in total. The van der Waals surface area contributed by atoms with Crippen LogP contribution in [-0.2, 0) is 19.2 Å². The van der Waals surface area contributed by atoms with Crippen molar-refractivity contribution >= 4 is 28.9 Å². The number of benzene rings is 2. The number of phenolic OH excluding ortho intramolecular Hbond substituents is 1. The second-order valence-electron chi connectivity index (χ2n) is 13.3. The fourth-order valence-corrected chi connectivity index (χ4v) is 8.77. The standard InChI is InChI=1S/C34H38O7/c1-15(2)25-28(37)23(18(5)35)30(39)34(41)31(40)26-29(38)24-21(17(4)32(26,7)19(6)33(25,34)8)13-14-22(27(24)36)20-11-9-16(3)10-12-20/h9-15,17,19,23,25-26,36,41H,1-8H3/t17-,19-,23?,25?,26?,32-,33-,34+/m1/s1. The molecule has 2 aromatic rings. The van der Waals surface area contributed by atoms with E-state index in [1.54, 1.807) is 39.8 Å². The Labute approximate surface area is 240 Å². The van der Waals surface area contributed by atoms with Crippen LogP contribution < -0.4 is 0 Å². The smallest absolute Gasteiger partial charge is 0.190 e. The van der Waals surface area contributed by atoms with Crippen molar-refractivity contribution in [2.45, 2.75) is 66.9 Å². The Morgan fingerprint density at radius 1 is 0.927 bits per heavy atom. The van der Waals surface area contributed by atoms with E-state index in [2.05, 4.69) is 0 Å². The number of aromatic hydroxyl groups is 1. The molecule has 0 bridgehead atoms. The van der Waals surface area contributed by atoms with Crippen molar-refractivity contribution in [1.29, 1.82) is 0 Å². The summed E-state index contributed by atoms with van der Waals surface area (Å²) >= 11 is 0. The van der Waals surface area contributed by atoms with Gasteiger partial charge in [-0.3, -0.25) is 24.0 Å². The molecular weight excluding hydrogens is 520 g/mol. The lowest BCUT2D eigenvalue weighted by Gasteiger charge is -2.66. The van der Waals surface area contributed by atoms with Crippen LogP contribution in [0.1, 0.15) is 75.9 Å². The van der Waals surface area contributed by atoms with Crippen molar-refractivity contribution in [2.75, 3.05) is 0 Å². The average Bonchev–Trinajstić information content (AvgIpc) is 2.89. The molecule has 0 saturated heterocycles. The third-order valence-corrected chi connectivity index (χ3v) is 11.3. The first-order chi connectivity index (χ1) is 19.0. The highest BCUT2D eigenvalue weighted by Crippen LogP contribution is 2.69. The predicted octanol–water partition coefficient (Wildman–Crippen LogP) is 4.88. The molecule has 216 valence electrons. The molecule has 3 aliphatic rings. The van der Waals surface area contributed by atoms with Crippen LogP contribution in [0.5, 0.6) is 5.75 Å². The van der Waals surface area contributed by atoms with E-state index in [1.807, 2.05) is 45.0 Å². The fourth-order valence-electron chi connectivity index (χ4n) is 8.77. The quantitative estimate of drug-likeness (QED) is 0.515. The molecular formula is C34H38O7. The minimum atomic E-state index is -2.73. The molecule has 2 fully saturated rings. The van der Waals surface area contributed by atoms with Crippen LogP contribution >= 0.6 is 0 Å². The number of carbonyl (C=O) groups excluding carboxylic acids is 5. The lowest BCUT2D eigenvalue weighted by atomic mass is 9.35. The molecule has 41 heavy (non-hydrogen) atoms. The van der Waals surface area contributed by atoms with Gasteiger partial charge in [0.2, 0.25) is 0 Å². The highest BCUT2D eigenvalue weighted by atomic mass is 16.3. The molecule has 0 amide bonds. The van der Waals surface area contributed by atoms with Gasteiger partial charge in [-0.2, -0.15) is 0 Å². The summed E-state index contributed by atoms with van der Waals surface area (Å²) in [5, 5.41) is 23.8. The molecule has 2 saturated carbocycles. The monoisotopic (exact) mass is 558 g/mol. The lowest BCUT2D eigenvalue weighted by molar-refractivity contribution is -0.222. The number of aryl methyl sites for hydroxylation is 1. The molecule has 8 atom stereocenters. The van der Waals surface area contributed by atoms with Crippen LogP contribution in [-0.4, -0.2) is 44.7 Å². The minimum absolute atomic E-state index is 0.00802. The van der Waals surface area contributed by atoms with E-state index >= 15 is 0 Å². The fraction of sp³-hybridized carbons (Fsp3) is 0.500. The average molecular weight is 559 g/mol. The molecule has 0 aromatic heterocycles. The van der Waals surface area contributed by atoms with E-state index in [4.69, 9.17) is 0 Å². The normalized spacial score (nSPS) is 36.6. The number of Topliss-reactive ketones (excluding diaryl/α,β-unsaturated/α-hetero) is 5. The van der Waals surface area contributed by atoms with Crippen molar-refractivity contribution in [2.24, 2.45) is 40.4 Å². The van der Waals surface area contributed by atoms with Crippen molar-refractivity contribution in [1.82, 2.24) is 0 Å². The maximum Gasteiger partial charge on any atom is 0.190 e. The summed E-state index contributed by atoms with van der Waals surface area (Å²) in [4.78, 5) is 69.3. The Kier molecular flexibility index (Phi) is 6.39. The first-order valence-electron chi connectivity index (χ1n) is 14.3. The van der Waals surface area contributed by atoms with E-state index in [9.17, 15) is 34.2 Å². The van der Waals surface area contributed by atoms with Gasteiger partial charge in [-0.25, -0.2) is 0 Å². The van der Waals surface area contributed by atoms with E-state index in [1.165, 1.54) is 0 Å². The van der Waals surface area contributed by atoms with Gasteiger partial charge in [0.1, 0.15) is 17.5 Å². The van der Waals surface area contributed by atoms with Gasteiger partial charge in [0.05, 0.1) is 11.5 Å². The largest absolute Gasteiger partial charge is 0.507 e. The van der Waals surface area contributed by atoms with Gasteiger partial charge in [-0.15, -0.1) is 0 Å². The number of rotatable bonds is 3. The van der Waals surface area contributed by atoms with Gasteiger partial charge in [0, 0.05) is 16.9 Å². The zero-order valence-electron chi connectivity index (χ0n) is 24.9. The van der Waals surface area contributed by atoms with Crippen LogP contribution in [0.15, 0.2) is 36.4 Å². The molecule has 2 N–H and O–H groups in total. The minimum Gasteiger partial charge on any atom is -0.507 e. The zero-order chi connectivity index (χ0) is 30.6. The maximum absolute atomic E-state index is 14.6. The van der Waals surface area contributed by atoms with Gasteiger partial charge in [-0.1, -0.05) is 83.5 Å².